The Morgan fingerprint density at radius 1 is 1.22 bits per heavy atom. The molecule has 3 nitrogen and oxygen atoms in total. The molecule has 2 saturated heterocycles. The molecule has 0 radical (unpaired) electrons. The zero-order chi connectivity index (χ0) is 16.6. The van der Waals surface area contributed by atoms with E-state index in [0.717, 1.165) is 25.7 Å². The molecular formula is C16H18F4N2O. The van der Waals surface area contributed by atoms with Crippen LogP contribution in [0.15, 0.2) is 18.2 Å². The number of piperidine rings is 1. The predicted molar refractivity (Wildman–Crippen MR) is 76.2 cm³/mol. The summed E-state index contributed by atoms with van der Waals surface area (Å²) in [6.45, 7) is -0.260. The third-order valence-electron chi connectivity index (χ3n) is 4.68. The SMILES string of the molecule is O=C(NCc1ccc(F)c(C2CC3CCC(C2)N3)c1)C(F)(F)F. The van der Waals surface area contributed by atoms with E-state index >= 15 is 0 Å². The summed E-state index contributed by atoms with van der Waals surface area (Å²) in [4.78, 5) is 10.9. The summed E-state index contributed by atoms with van der Waals surface area (Å²) in [5.41, 5.74) is 1.02. The lowest BCUT2D eigenvalue weighted by molar-refractivity contribution is -0.173. The van der Waals surface area contributed by atoms with E-state index < -0.39 is 12.1 Å². The third kappa shape index (κ3) is 3.65. The highest BCUT2D eigenvalue weighted by atomic mass is 19.4. The molecule has 0 aromatic heterocycles. The molecule has 2 bridgehead atoms. The molecule has 0 saturated carbocycles. The van der Waals surface area contributed by atoms with Crippen molar-refractivity contribution < 1.29 is 22.4 Å². The molecule has 7 heteroatoms. The first-order valence-electron chi connectivity index (χ1n) is 7.72. The van der Waals surface area contributed by atoms with Gasteiger partial charge < -0.3 is 10.6 Å². The fourth-order valence-corrected chi connectivity index (χ4v) is 3.61. The maximum atomic E-state index is 14.1. The van der Waals surface area contributed by atoms with Crippen LogP contribution in [0.1, 0.15) is 42.7 Å². The zero-order valence-electron chi connectivity index (χ0n) is 12.4. The second kappa shape index (κ2) is 6.11. The van der Waals surface area contributed by atoms with Crippen LogP contribution in [0, 0.1) is 5.82 Å². The predicted octanol–water partition coefficient (Wildman–Crippen LogP) is 3.00. The monoisotopic (exact) mass is 330 g/mol. The van der Waals surface area contributed by atoms with Gasteiger partial charge in [-0.25, -0.2) is 4.39 Å². The minimum absolute atomic E-state index is 0.0759. The van der Waals surface area contributed by atoms with Crippen molar-refractivity contribution in [1.29, 1.82) is 0 Å². The van der Waals surface area contributed by atoms with Gasteiger partial charge in [-0.2, -0.15) is 13.2 Å². The molecule has 3 rings (SSSR count). The van der Waals surface area contributed by atoms with E-state index in [2.05, 4.69) is 5.32 Å². The standard InChI is InChI=1S/C16H18F4N2O/c17-14-4-1-9(8-21-15(23)16(18,19)20)5-13(14)10-6-11-2-3-12(7-10)22-11/h1,4-5,10-12,22H,2-3,6-8H2,(H,21,23). The molecule has 2 fully saturated rings. The topological polar surface area (TPSA) is 41.1 Å². The van der Waals surface area contributed by atoms with Crippen molar-refractivity contribution in [2.75, 3.05) is 0 Å². The lowest BCUT2D eigenvalue weighted by Crippen LogP contribution is -2.37. The van der Waals surface area contributed by atoms with Gasteiger partial charge in [-0.3, -0.25) is 4.79 Å². The number of alkyl halides is 3. The first-order valence-corrected chi connectivity index (χ1v) is 7.72. The molecule has 1 aromatic rings. The Morgan fingerprint density at radius 3 is 2.48 bits per heavy atom. The van der Waals surface area contributed by atoms with Crippen LogP contribution in [0.5, 0.6) is 0 Å². The number of hydrogen-bond donors (Lipinski definition) is 2. The van der Waals surface area contributed by atoms with Crippen LogP contribution in [0.3, 0.4) is 0 Å². The molecule has 2 unspecified atom stereocenters. The maximum absolute atomic E-state index is 14.1. The van der Waals surface area contributed by atoms with Gasteiger partial charge in [0.25, 0.3) is 0 Å². The number of hydrogen-bond acceptors (Lipinski definition) is 2. The minimum atomic E-state index is -4.91. The quantitative estimate of drug-likeness (QED) is 0.837. The van der Waals surface area contributed by atoms with Gasteiger partial charge in [0.05, 0.1) is 0 Å². The van der Waals surface area contributed by atoms with Crippen molar-refractivity contribution >= 4 is 5.91 Å². The van der Waals surface area contributed by atoms with Crippen molar-refractivity contribution in [3.8, 4) is 0 Å². The Labute approximate surface area is 131 Å². The van der Waals surface area contributed by atoms with Crippen LogP contribution >= 0.6 is 0 Å². The van der Waals surface area contributed by atoms with E-state index in [-0.39, 0.29) is 18.3 Å². The molecule has 2 heterocycles. The molecule has 2 atom stereocenters. The van der Waals surface area contributed by atoms with Crippen LogP contribution < -0.4 is 10.6 Å². The Hall–Kier alpha value is -1.63. The van der Waals surface area contributed by atoms with Gasteiger partial charge in [0.2, 0.25) is 0 Å². The summed E-state index contributed by atoms with van der Waals surface area (Å²) >= 11 is 0. The number of carbonyl (C=O) groups is 1. The highest BCUT2D eigenvalue weighted by Crippen LogP contribution is 2.38. The molecule has 23 heavy (non-hydrogen) atoms. The summed E-state index contributed by atoms with van der Waals surface area (Å²) in [6.07, 6.45) is -1.05. The fourth-order valence-electron chi connectivity index (χ4n) is 3.61. The number of benzene rings is 1. The first-order chi connectivity index (χ1) is 10.8. The van der Waals surface area contributed by atoms with Crippen LogP contribution in [0.4, 0.5) is 17.6 Å². The largest absolute Gasteiger partial charge is 0.471 e. The number of amides is 1. The Morgan fingerprint density at radius 2 is 1.87 bits per heavy atom. The minimum Gasteiger partial charge on any atom is -0.344 e. The Kier molecular flexibility index (Phi) is 4.31. The molecule has 2 N–H and O–H groups in total. The summed E-state index contributed by atoms with van der Waals surface area (Å²) in [7, 11) is 0. The number of carbonyl (C=O) groups excluding carboxylic acids is 1. The van der Waals surface area contributed by atoms with Gasteiger partial charge in [-0.15, -0.1) is 0 Å². The van der Waals surface area contributed by atoms with Crippen LogP contribution in [0.2, 0.25) is 0 Å². The first kappa shape index (κ1) is 16.2. The van der Waals surface area contributed by atoms with Crippen LogP contribution in [0.25, 0.3) is 0 Å². The second-order valence-corrected chi connectivity index (χ2v) is 6.34. The van der Waals surface area contributed by atoms with E-state index in [4.69, 9.17) is 0 Å². The number of nitrogens with one attached hydrogen (secondary N) is 2. The summed E-state index contributed by atoms with van der Waals surface area (Å²) < 4.78 is 50.7. The third-order valence-corrected chi connectivity index (χ3v) is 4.68. The fraction of sp³-hybridized carbons (Fsp3) is 0.562. The van der Waals surface area contributed by atoms with Gasteiger partial charge in [-0.05, 0) is 48.8 Å². The van der Waals surface area contributed by atoms with Gasteiger partial charge in [0, 0.05) is 18.6 Å². The average molecular weight is 330 g/mol. The van der Waals surface area contributed by atoms with E-state index in [1.807, 2.05) is 5.32 Å². The van der Waals surface area contributed by atoms with Gasteiger partial charge >= 0.3 is 12.1 Å². The van der Waals surface area contributed by atoms with Crippen LogP contribution in [-0.4, -0.2) is 24.2 Å². The molecule has 126 valence electrons. The Balaban J connectivity index is 1.71. The lowest BCUT2D eigenvalue weighted by atomic mass is 9.85. The van der Waals surface area contributed by atoms with E-state index in [1.54, 1.807) is 6.07 Å². The lowest BCUT2D eigenvalue weighted by Gasteiger charge is -2.29. The van der Waals surface area contributed by atoms with Gasteiger partial charge in [0.1, 0.15) is 5.82 Å². The van der Waals surface area contributed by atoms with Crippen molar-refractivity contribution in [3.05, 3.63) is 35.1 Å². The molecule has 2 aliphatic rings. The second-order valence-electron chi connectivity index (χ2n) is 6.34. The molecule has 1 amide bonds. The molecule has 0 spiro atoms. The molecule has 2 aliphatic heterocycles. The maximum Gasteiger partial charge on any atom is 0.471 e. The normalized spacial score (nSPS) is 27.0. The van der Waals surface area contributed by atoms with Gasteiger partial charge in [0.15, 0.2) is 0 Å². The Bertz CT molecular complexity index is 590. The smallest absolute Gasteiger partial charge is 0.344 e. The zero-order valence-corrected chi connectivity index (χ0v) is 12.4. The van der Waals surface area contributed by atoms with Crippen molar-refractivity contribution in [1.82, 2.24) is 10.6 Å². The van der Waals surface area contributed by atoms with E-state index in [0.29, 0.717) is 23.2 Å². The number of rotatable bonds is 3. The van der Waals surface area contributed by atoms with E-state index in [9.17, 15) is 22.4 Å². The van der Waals surface area contributed by atoms with Crippen molar-refractivity contribution in [3.63, 3.8) is 0 Å². The molecular weight excluding hydrogens is 312 g/mol. The van der Waals surface area contributed by atoms with Crippen LogP contribution in [-0.2, 0) is 11.3 Å². The van der Waals surface area contributed by atoms with Gasteiger partial charge in [-0.1, -0.05) is 12.1 Å². The number of fused-ring (bicyclic) bond motifs is 2. The van der Waals surface area contributed by atoms with E-state index in [1.165, 1.54) is 12.1 Å². The molecule has 1 aromatic carbocycles. The average Bonchev–Trinajstić information content (AvgIpc) is 2.83. The van der Waals surface area contributed by atoms with Crippen molar-refractivity contribution in [2.24, 2.45) is 0 Å². The highest BCUT2D eigenvalue weighted by Gasteiger charge is 2.38. The summed E-state index contributed by atoms with van der Waals surface area (Å²) in [6, 6.07) is 5.06. The summed E-state index contributed by atoms with van der Waals surface area (Å²) in [5.74, 6) is -2.24. The highest BCUT2D eigenvalue weighted by molar-refractivity contribution is 5.81. The van der Waals surface area contributed by atoms with Crippen molar-refractivity contribution in [2.45, 2.75) is 56.4 Å². The molecule has 0 aliphatic carbocycles. The number of halogens is 4. The summed E-state index contributed by atoms with van der Waals surface area (Å²) in [5, 5.41) is 5.30.